The molecule has 0 saturated heterocycles. The lowest BCUT2D eigenvalue weighted by Crippen LogP contribution is -2.51. The molecular weight excluding hydrogens is 348 g/mol. The first-order valence-electron chi connectivity index (χ1n) is 6.33. The average Bonchev–Trinajstić information content (AvgIpc) is 2.46. The Bertz CT molecular complexity index is 759. The second-order valence-electron chi connectivity index (χ2n) is 4.67. The number of carbonyl (C=O) groups excluding carboxylic acids is 2. The molecule has 3 N–H and O–H groups in total. The first-order chi connectivity index (χ1) is 10.7. The third-order valence-electron chi connectivity index (χ3n) is 3.00. The highest BCUT2D eigenvalue weighted by Gasteiger charge is 2.36. The number of urea groups is 1. The van der Waals surface area contributed by atoms with Gasteiger partial charge in [-0.1, -0.05) is 11.6 Å². The number of halogens is 1. The zero-order valence-electron chi connectivity index (χ0n) is 11.8. The molecule has 0 radical (unpaired) electrons. The summed E-state index contributed by atoms with van der Waals surface area (Å²) >= 11 is 6.02. The van der Waals surface area contributed by atoms with Crippen LogP contribution < -0.4 is 15.4 Å². The zero-order chi connectivity index (χ0) is 17.2. The van der Waals surface area contributed by atoms with Crippen LogP contribution in [0.5, 0.6) is 5.75 Å². The van der Waals surface area contributed by atoms with Gasteiger partial charge in [0.05, 0.1) is 0 Å². The van der Waals surface area contributed by atoms with E-state index in [2.05, 4.69) is 5.32 Å². The van der Waals surface area contributed by atoms with E-state index in [1.807, 2.05) is 5.32 Å². The lowest BCUT2D eigenvalue weighted by atomic mass is 10.1. The molecule has 2 atom stereocenters. The molecule has 1 aliphatic rings. The highest BCUT2D eigenvalue weighted by molar-refractivity contribution is 7.86. The van der Waals surface area contributed by atoms with Crippen LogP contribution in [0.1, 0.15) is 17.3 Å². The van der Waals surface area contributed by atoms with Gasteiger partial charge < -0.3 is 15.4 Å². The van der Waals surface area contributed by atoms with Crippen LogP contribution >= 0.6 is 11.6 Å². The van der Waals surface area contributed by atoms with Crippen LogP contribution in [0.15, 0.2) is 36.0 Å². The van der Waals surface area contributed by atoms with Crippen LogP contribution in [0.25, 0.3) is 0 Å². The van der Waals surface area contributed by atoms with Crippen molar-refractivity contribution in [3.05, 3.63) is 41.6 Å². The number of Topliss-reactive ketones (excluding diaryl/α,β-unsaturated/α-hetero) is 1. The van der Waals surface area contributed by atoms with Gasteiger partial charge >= 0.3 is 6.03 Å². The second kappa shape index (κ2) is 6.57. The summed E-state index contributed by atoms with van der Waals surface area (Å²) in [6.07, 6.45) is 1.05. The molecule has 2 rings (SSSR count). The number of hydrogen-bond acceptors (Lipinski definition) is 5. The minimum atomic E-state index is -4.61. The maximum absolute atomic E-state index is 11.3. The Morgan fingerprint density at radius 3 is 2.48 bits per heavy atom. The molecule has 1 aromatic carbocycles. The Morgan fingerprint density at radius 1 is 1.35 bits per heavy atom. The number of alkyl halides is 1. The topological polar surface area (TPSA) is 122 Å². The Morgan fingerprint density at radius 2 is 1.96 bits per heavy atom. The molecule has 0 fully saturated rings. The Labute approximate surface area is 137 Å². The largest absolute Gasteiger partial charge is 0.470 e. The summed E-state index contributed by atoms with van der Waals surface area (Å²) in [4.78, 5) is 22.4. The van der Waals surface area contributed by atoms with Crippen molar-refractivity contribution in [2.45, 2.75) is 17.9 Å². The predicted molar refractivity (Wildman–Crippen MR) is 81.8 cm³/mol. The Kier molecular flexibility index (Phi) is 4.93. The fourth-order valence-electron chi connectivity index (χ4n) is 1.86. The number of ether oxygens (including phenoxy) is 1. The third-order valence-corrected chi connectivity index (χ3v) is 4.32. The molecule has 23 heavy (non-hydrogen) atoms. The van der Waals surface area contributed by atoms with E-state index in [1.54, 1.807) is 0 Å². The van der Waals surface area contributed by atoms with Gasteiger partial charge in [0.2, 0.25) is 0 Å². The Hall–Kier alpha value is -2.10. The van der Waals surface area contributed by atoms with Crippen molar-refractivity contribution in [3.63, 3.8) is 0 Å². The number of carbonyl (C=O) groups is 2. The van der Waals surface area contributed by atoms with Gasteiger partial charge in [0.25, 0.3) is 10.1 Å². The highest BCUT2D eigenvalue weighted by Crippen LogP contribution is 2.24. The number of rotatable bonds is 5. The van der Waals surface area contributed by atoms with Crippen LogP contribution in [0.2, 0.25) is 0 Å². The molecule has 8 nitrogen and oxygen atoms in total. The van der Waals surface area contributed by atoms with E-state index in [4.69, 9.17) is 16.3 Å². The van der Waals surface area contributed by atoms with E-state index in [-0.39, 0.29) is 17.1 Å². The number of ketones is 1. The van der Waals surface area contributed by atoms with E-state index >= 15 is 0 Å². The molecule has 1 aliphatic heterocycles. The number of benzene rings is 1. The fourth-order valence-corrected chi connectivity index (χ4v) is 3.01. The quantitative estimate of drug-likeness (QED) is 0.412. The van der Waals surface area contributed by atoms with Crippen molar-refractivity contribution in [2.24, 2.45) is 0 Å². The van der Waals surface area contributed by atoms with Crippen molar-refractivity contribution >= 4 is 33.5 Å². The summed E-state index contributed by atoms with van der Waals surface area (Å²) in [5.74, 6) is 0.161. The molecule has 2 amide bonds. The van der Waals surface area contributed by atoms with Crippen LogP contribution in [0.4, 0.5) is 4.79 Å². The van der Waals surface area contributed by atoms with Crippen molar-refractivity contribution in [2.75, 3.05) is 0 Å². The maximum atomic E-state index is 11.3. The van der Waals surface area contributed by atoms with Gasteiger partial charge in [-0.05, 0) is 31.2 Å². The standard InChI is InChI=1S/C13H13ClN2O6S/c1-7(17)8-2-4-9(5-3-8)22-11(14)10-6-15-13(18)16-12(10)23(19,20)21/h2-6,11-12H,1H3,(H2,15,16,18)(H,19,20,21). The van der Waals surface area contributed by atoms with E-state index in [1.165, 1.54) is 31.2 Å². The van der Waals surface area contributed by atoms with Crippen LogP contribution in [-0.2, 0) is 10.1 Å². The summed E-state index contributed by atoms with van der Waals surface area (Å²) in [6.45, 7) is 1.41. The fraction of sp³-hybridized carbons (Fsp3) is 0.231. The lowest BCUT2D eigenvalue weighted by molar-refractivity contribution is 0.101. The molecular formula is C13H13ClN2O6S. The van der Waals surface area contributed by atoms with E-state index in [9.17, 15) is 22.6 Å². The average molecular weight is 361 g/mol. The molecule has 0 aliphatic carbocycles. The molecule has 0 spiro atoms. The van der Waals surface area contributed by atoms with Crippen molar-refractivity contribution < 1.29 is 27.3 Å². The monoisotopic (exact) mass is 360 g/mol. The smallest absolute Gasteiger partial charge is 0.320 e. The van der Waals surface area contributed by atoms with E-state index in [0.29, 0.717) is 5.56 Å². The molecule has 2 unspecified atom stereocenters. The van der Waals surface area contributed by atoms with Gasteiger partial charge in [0.15, 0.2) is 16.7 Å². The van der Waals surface area contributed by atoms with Crippen LogP contribution in [0.3, 0.4) is 0 Å². The number of amides is 2. The van der Waals surface area contributed by atoms with Gasteiger partial charge in [-0.2, -0.15) is 8.42 Å². The maximum Gasteiger partial charge on any atom is 0.320 e. The van der Waals surface area contributed by atoms with Crippen LogP contribution in [0, 0.1) is 0 Å². The van der Waals surface area contributed by atoms with Crippen molar-refractivity contribution in [1.29, 1.82) is 0 Å². The molecule has 124 valence electrons. The summed E-state index contributed by atoms with van der Waals surface area (Å²) < 4.78 is 37.2. The minimum absolute atomic E-state index is 0.0931. The summed E-state index contributed by atoms with van der Waals surface area (Å²) in [6, 6.07) is 5.23. The van der Waals surface area contributed by atoms with E-state index in [0.717, 1.165) is 6.20 Å². The van der Waals surface area contributed by atoms with Crippen molar-refractivity contribution in [1.82, 2.24) is 10.6 Å². The highest BCUT2D eigenvalue weighted by atomic mass is 35.5. The second-order valence-corrected chi connectivity index (χ2v) is 6.57. The molecule has 0 saturated carbocycles. The first-order valence-corrected chi connectivity index (χ1v) is 8.27. The first kappa shape index (κ1) is 17.3. The van der Waals surface area contributed by atoms with Gasteiger partial charge in [-0.25, -0.2) is 4.79 Å². The number of hydrogen-bond donors (Lipinski definition) is 3. The van der Waals surface area contributed by atoms with Gasteiger partial charge in [0.1, 0.15) is 5.75 Å². The molecule has 10 heteroatoms. The summed E-state index contributed by atoms with van der Waals surface area (Å²) in [5.41, 5.74) is -0.896. The summed E-state index contributed by atoms with van der Waals surface area (Å²) in [7, 11) is -4.61. The van der Waals surface area contributed by atoms with E-state index < -0.39 is 27.1 Å². The predicted octanol–water partition coefficient (Wildman–Crippen LogP) is 1.24. The van der Waals surface area contributed by atoms with Gasteiger partial charge in [-0.3, -0.25) is 9.35 Å². The molecule has 1 aromatic rings. The summed E-state index contributed by atoms with van der Waals surface area (Å²) in [5, 5.41) is 2.55. The zero-order valence-corrected chi connectivity index (χ0v) is 13.4. The normalized spacial score (nSPS) is 19.2. The lowest BCUT2D eigenvalue weighted by Gasteiger charge is -2.26. The third kappa shape index (κ3) is 4.21. The van der Waals surface area contributed by atoms with Crippen molar-refractivity contribution in [3.8, 4) is 5.75 Å². The van der Waals surface area contributed by atoms with Gasteiger partial charge in [-0.15, -0.1) is 0 Å². The number of nitrogens with one attached hydrogen (secondary N) is 2. The minimum Gasteiger partial charge on any atom is -0.470 e. The van der Waals surface area contributed by atoms with Gasteiger partial charge in [0, 0.05) is 17.3 Å². The molecule has 0 bridgehead atoms. The van der Waals surface area contributed by atoms with Crippen LogP contribution in [-0.4, -0.2) is 35.7 Å². The Balaban J connectivity index is 2.19. The SMILES string of the molecule is CC(=O)c1ccc(OC(Cl)C2=CNC(=O)NC2S(=O)(=O)O)cc1. The molecule has 0 aromatic heterocycles. The molecule has 1 heterocycles.